The van der Waals surface area contributed by atoms with E-state index in [1.807, 2.05) is 0 Å². The average Bonchev–Trinajstić information content (AvgIpc) is 2.55. The zero-order chi connectivity index (χ0) is 11.0. The first kappa shape index (κ1) is 9.25. The van der Waals surface area contributed by atoms with Gasteiger partial charge >= 0.3 is 5.97 Å². The second kappa shape index (κ2) is 3.12. The van der Waals surface area contributed by atoms with E-state index in [2.05, 4.69) is 15.1 Å². The molecule has 0 unspecified atom stereocenters. The second-order valence-electron chi connectivity index (χ2n) is 3.00. The third kappa shape index (κ3) is 1.25. The van der Waals surface area contributed by atoms with Crippen LogP contribution in [0.2, 0.25) is 0 Å². The van der Waals surface area contributed by atoms with Crippen molar-refractivity contribution in [3.8, 4) is 0 Å². The van der Waals surface area contributed by atoms with Crippen LogP contribution in [0.25, 0.3) is 11.0 Å². The van der Waals surface area contributed by atoms with E-state index in [0.29, 0.717) is 11.0 Å². The molecule has 0 aliphatic heterocycles. The van der Waals surface area contributed by atoms with Crippen LogP contribution in [0.15, 0.2) is 17.7 Å². The number of carboxylic acid groups (broad SMARTS) is 1. The van der Waals surface area contributed by atoms with Crippen molar-refractivity contribution >= 4 is 22.7 Å². The van der Waals surface area contributed by atoms with E-state index in [9.17, 15) is 9.70 Å². The van der Waals surface area contributed by atoms with Crippen LogP contribution in [0.1, 0.15) is 10.5 Å². The lowest BCUT2D eigenvalue weighted by molar-refractivity contribution is -0.349. The first-order valence-electron chi connectivity index (χ1n) is 4.07. The minimum atomic E-state index is -1.15. The molecule has 7 heteroatoms. The number of hydrogen-bond acceptors (Lipinski definition) is 4. The highest BCUT2D eigenvalue weighted by atomic mass is 16.4. The molecule has 2 heterocycles. The lowest BCUT2D eigenvalue weighted by Crippen LogP contribution is -2.11. The van der Waals surface area contributed by atoms with Gasteiger partial charge in [0, 0.05) is 13.2 Å². The van der Waals surface area contributed by atoms with Gasteiger partial charge in [-0.25, -0.2) is 9.78 Å². The van der Waals surface area contributed by atoms with Gasteiger partial charge in [-0.3, -0.25) is 0 Å². The van der Waals surface area contributed by atoms with Gasteiger partial charge in [-0.05, 0) is 10.2 Å². The Kier molecular flexibility index (Phi) is 1.93. The topological polar surface area (TPSA) is 98.7 Å². The number of carboxylic acids is 1. The molecule has 0 saturated carbocycles. The van der Waals surface area contributed by atoms with Crippen molar-refractivity contribution in [1.29, 1.82) is 0 Å². The first-order chi connectivity index (χ1) is 7.15. The van der Waals surface area contributed by atoms with E-state index in [-0.39, 0.29) is 11.4 Å². The normalized spacial score (nSPS) is 10.5. The molecule has 0 saturated heterocycles. The van der Waals surface area contributed by atoms with Gasteiger partial charge in [0.25, 0.3) is 12.0 Å². The van der Waals surface area contributed by atoms with Crippen molar-refractivity contribution in [2.45, 2.75) is 0 Å². The van der Waals surface area contributed by atoms with E-state index in [4.69, 9.17) is 5.11 Å². The van der Waals surface area contributed by atoms with Gasteiger partial charge in [-0.2, -0.15) is 0 Å². The molecule has 0 radical (unpaired) electrons. The largest absolute Gasteiger partial charge is 0.475 e. The molecule has 0 aromatic carbocycles. The molecule has 2 aromatic rings. The second-order valence-corrected chi connectivity index (χ2v) is 3.00. The number of nitrogens with zero attached hydrogens (tertiary/aromatic N) is 3. The van der Waals surface area contributed by atoms with Crippen molar-refractivity contribution in [2.75, 3.05) is 0 Å². The molecular formula is C8H7N4O3+. The Balaban J connectivity index is 2.92. The molecule has 2 rings (SSSR count). The number of nitroso groups, excluding NO2 is 1. The van der Waals surface area contributed by atoms with E-state index in [0.717, 1.165) is 0 Å². The maximum absolute atomic E-state index is 10.9. The number of aryl methyl sites for hydroxylation is 1. The number of carbonyl (C=O) groups is 1. The number of rotatable bonds is 2. The monoisotopic (exact) mass is 207 g/mol. The SMILES string of the molecule is Cn1cc(N=O)c2[nH+]cnc(C(=O)O)c21. The van der Waals surface area contributed by atoms with Crippen LogP contribution in [-0.2, 0) is 7.05 Å². The van der Waals surface area contributed by atoms with Crippen LogP contribution in [0.4, 0.5) is 5.69 Å². The van der Waals surface area contributed by atoms with Crippen LogP contribution < -0.4 is 4.98 Å². The number of aromatic nitrogens is 3. The zero-order valence-electron chi connectivity index (χ0n) is 7.76. The molecule has 15 heavy (non-hydrogen) atoms. The van der Waals surface area contributed by atoms with Crippen molar-refractivity contribution in [1.82, 2.24) is 9.55 Å². The summed E-state index contributed by atoms with van der Waals surface area (Å²) in [5, 5.41) is 11.7. The summed E-state index contributed by atoms with van der Waals surface area (Å²) in [6.45, 7) is 0. The smallest absolute Gasteiger partial charge is 0.383 e. The summed E-state index contributed by atoms with van der Waals surface area (Å²) in [6.07, 6.45) is 2.67. The molecule has 7 nitrogen and oxygen atoms in total. The summed E-state index contributed by atoms with van der Waals surface area (Å²) in [6, 6.07) is 0. The van der Waals surface area contributed by atoms with E-state index < -0.39 is 5.97 Å². The van der Waals surface area contributed by atoms with Crippen LogP contribution >= 0.6 is 0 Å². The third-order valence-electron chi connectivity index (χ3n) is 2.09. The summed E-state index contributed by atoms with van der Waals surface area (Å²) in [5.74, 6) is -1.15. The van der Waals surface area contributed by atoms with Crippen LogP contribution in [-0.4, -0.2) is 20.6 Å². The van der Waals surface area contributed by atoms with Crippen LogP contribution in [0.3, 0.4) is 0 Å². The Labute approximate surface area is 83.4 Å². The predicted octanol–water partition coefficient (Wildman–Crippen LogP) is 0.483. The highest BCUT2D eigenvalue weighted by molar-refractivity contribution is 6.01. The molecule has 0 atom stereocenters. The number of H-pyrrole nitrogens is 1. The Morgan fingerprint density at radius 3 is 3.00 bits per heavy atom. The molecule has 0 aliphatic carbocycles. The fourth-order valence-corrected chi connectivity index (χ4v) is 1.49. The molecule has 2 N–H and O–H groups in total. The molecule has 0 fully saturated rings. The highest BCUT2D eigenvalue weighted by Crippen LogP contribution is 2.24. The number of aromatic carboxylic acids is 1. The van der Waals surface area contributed by atoms with Crippen molar-refractivity contribution in [3.63, 3.8) is 0 Å². The summed E-state index contributed by atoms with van der Waals surface area (Å²) in [4.78, 5) is 27.7. The Bertz CT molecular complexity index is 560. The van der Waals surface area contributed by atoms with Gasteiger partial charge in [0.05, 0.1) is 0 Å². The lowest BCUT2D eigenvalue weighted by atomic mass is 10.3. The number of nitrogens with one attached hydrogen (secondary N) is 1. The van der Waals surface area contributed by atoms with Gasteiger partial charge in [-0.15, -0.1) is 4.91 Å². The van der Waals surface area contributed by atoms with Gasteiger partial charge in [0.1, 0.15) is 0 Å². The molecule has 0 amide bonds. The average molecular weight is 207 g/mol. The van der Waals surface area contributed by atoms with Crippen molar-refractivity contribution in [2.24, 2.45) is 12.2 Å². The van der Waals surface area contributed by atoms with Gasteiger partial charge < -0.3 is 9.67 Å². The molecule has 0 aliphatic rings. The molecule has 0 spiro atoms. The molecule has 0 bridgehead atoms. The Hall–Kier alpha value is -2.31. The molecule has 76 valence electrons. The van der Waals surface area contributed by atoms with Gasteiger partial charge in [-0.1, -0.05) is 0 Å². The fourth-order valence-electron chi connectivity index (χ4n) is 1.49. The van der Waals surface area contributed by atoms with Crippen molar-refractivity contribution in [3.05, 3.63) is 23.1 Å². The zero-order valence-corrected chi connectivity index (χ0v) is 7.76. The fraction of sp³-hybridized carbons (Fsp3) is 0.125. The van der Waals surface area contributed by atoms with Gasteiger partial charge in [0.2, 0.25) is 0 Å². The quantitative estimate of drug-likeness (QED) is 0.724. The summed E-state index contributed by atoms with van der Waals surface area (Å²) < 4.78 is 1.50. The molecular weight excluding hydrogens is 200 g/mol. The highest BCUT2D eigenvalue weighted by Gasteiger charge is 2.23. The number of hydrogen-bond donors (Lipinski definition) is 1. The summed E-state index contributed by atoms with van der Waals surface area (Å²) >= 11 is 0. The minimum absolute atomic E-state index is 0.110. The Morgan fingerprint density at radius 1 is 1.67 bits per heavy atom. The van der Waals surface area contributed by atoms with E-state index in [1.54, 1.807) is 7.05 Å². The number of fused-ring (bicyclic) bond motifs is 1. The number of aromatic amines is 1. The summed E-state index contributed by atoms with van der Waals surface area (Å²) in [7, 11) is 1.62. The van der Waals surface area contributed by atoms with Crippen LogP contribution in [0.5, 0.6) is 0 Å². The van der Waals surface area contributed by atoms with Crippen molar-refractivity contribution < 1.29 is 14.9 Å². The van der Waals surface area contributed by atoms with E-state index in [1.165, 1.54) is 17.1 Å². The van der Waals surface area contributed by atoms with Crippen LogP contribution in [0, 0.1) is 4.91 Å². The first-order valence-corrected chi connectivity index (χ1v) is 4.07. The minimum Gasteiger partial charge on any atom is -0.475 e. The predicted molar refractivity (Wildman–Crippen MR) is 49.7 cm³/mol. The third-order valence-corrected chi connectivity index (χ3v) is 2.09. The maximum atomic E-state index is 10.9. The maximum Gasteiger partial charge on any atom is 0.383 e. The standard InChI is InChI=1S/C8H6N4O3/c1-12-2-4(11-15)5-7(12)6(8(13)14)10-3-9-5/h2-3H,1H3,(H,13,14)/p+1. The lowest BCUT2D eigenvalue weighted by Gasteiger charge is -1.93. The van der Waals surface area contributed by atoms with E-state index >= 15 is 0 Å². The molecule has 2 aromatic heterocycles. The summed E-state index contributed by atoms with van der Waals surface area (Å²) in [5.41, 5.74) is 0.776. The van der Waals surface area contributed by atoms with Gasteiger partial charge in [0.15, 0.2) is 16.7 Å². The Morgan fingerprint density at radius 2 is 2.40 bits per heavy atom.